The van der Waals surface area contributed by atoms with Crippen molar-refractivity contribution in [3.63, 3.8) is 0 Å². The van der Waals surface area contributed by atoms with Crippen LogP contribution in [0.2, 0.25) is 0 Å². The molecule has 0 aromatic heterocycles. The van der Waals surface area contributed by atoms with Crippen LogP contribution in [0.4, 0.5) is 5.69 Å². The Morgan fingerprint density at radius 2 is 2.00 bits per heavy atom. The Labute approximate surface area is 145 Å². The first kappa shape index (κ1) is 18.3. The lowest BCUT2D eigenvalue weighted by molar-refractivity contribution is -0.112. The average molecular weight is 415 g/mol. The summed E-state index contributed by atoms with van der Waals surface area (Å²) in [4.78, 5) is 14.6. The number of anilines is 1. The van der Waals surface area contributed by atoms with E-state index in [4.69, 9.17) is 0 Å². The highest BCUT2D eigenvalue weighted by molar-refractivity contribution is 14.1. The van der Waals surface area contributed by atoms with E-state index in [2.05, 4.69) is 34.8 Å². The molecule has 1 rings (SSSR count). The van der Waals surface area contributed by atoms with Crippen LogP contribution >= 0.6 is 34.4 Å². The van der Waals surface area contributed by atoms with Crippen LogP contribution in [0.15, 0.2) is 45.7 Å². The highest BCUT2D eigenvalue weighted by atomic mass is 127. The number of nitrogens with one attached hydrogen (secondary N) is 1. The molecule has 0 unspecified atom stereocenters. The minimum atomic E-state index is -0.0173. The number of carbonyl (C=O) groups is 1. The standard InChI is InChI=1S/C17H22INOS/c1-5-9-12(3)16(21-13(4)6-2)17(20)19-15-11-8-7-10-14(15)18/h6-8,10-11H,5,9H2,1-4H3,(H,19,20)/b13-6?,16-12+. The van der Waals surface area contributed by atoms with Gasteiger partial charge in [0.15, 0.2) is 0 Å². The summed E-state index contributed by atoms with van der Waals surface area (Å²) in [5, 5.41) is 3.03. The Balaban J connectivity index is 3.01. The maximum atomic E-state index is 12.6. The number of hydrogen-bond donors (Lipinski definition) is 1. The number of allylic oxidation sites excluding steroid dienone is 3. The lowest BCUT2D eigenvalue weighted by Crippen LogP contribution is -2.15. The van der Waals surface area contributed by atoms with Crippen molar-refractivity contribution >= 4 is 45.9 Å². The number of thioether (sulfide) groups is 1. The summed E-state index contributed by atoms with van der Waals surface area (Å²) in [6.45, 7) is 8.20. The van der Waals surface area contributed by atoms with Gasteiger partial charge in [-0.2, -0.15) is 0 Å². The van der Waals surface area contributed by atoms with Crippen molar-refractivity contribution in [1.82, 2.24) is 0 Å². The number of carbonyl (C=O) groups excluding carboxylic acids is 1. The second-order valence-corrected chi connectivity index (χ2v) is 7.21. The van der Waals surface area contributed by atoms with E-state index in [9.17, 15) is 4.79 Å². The molecule has 114 valence electrons. The molecular formula is C17H22INOS. The van der Waals surface area contributed by atoms with Crippen molar-refractivity contribution in [3.05, 3.63) is 49.3 Å². The lowest BCUT2D eigenvalue weighted by atomic mass is 10.1. The van der Waals surface area contributed by atoms with Gasteiger partial charge < -0.3 is 5.32 Å². The Morgan fingerprint density at radius 1 is 1.33 bits per heavy atom. The fraction of sp³-hybridized carbons (Fsp3) is 0.353. The van der Waals surface area contributed by atoms with Gasteiger partial charge in [-0.15, -0.1) is 0 Å². The molecule has 1 aromatic carbocycles. The normalized spacial score (nSPS) is 12.9. The van der Waals surface area contributed by atoms with Gasteiger partial charge in [0.25, 0.3) is 5.91 Å². The van der Waals surface area contributed by atoms with Gasteiger partial charge in [0.2, 0.25) is 0 Å². The molecule has 0 radical (unpaired) electrons. The first-order valence-corrected chi connectivity index (χ1v) is 8.95. The van der Waals surface area contributed by atoms with Crippen LogP contribution in [0.25, 0.3) is 0 Å². The predicted octanol–water partition coefficient (Wildman–Crippen LogP) is 5.96. The summed E-state index contributed by atoms with van der Waals surface area (Å²) < 4.78 is 1.05. The van der Waals surface area contributed by atoms with E-state index in [0.717, 1.165) is 37.5 Å². The molecule has 0 heterocycles. The first-order valence-electron chi connectivity index (χ1n) is 7.06. The zero-order chi connectivity index (χ0) is 15.8. The number of para-hydroxylation sites is 1. The van der Waals surface area contributed by atoms with Gasteiger partial charge >= 0.3 is 0 Å². The molecule has 21 heavy (non-hydrogen) atoms. The van der Waals surface area contributed by atoms with Crippen LogP contribution in [0, 0.1) is 3.57 Å². The van der Waals surface area contributed by atoms with Crippen molar-refractivity contribution in [2.24, 2.45) is 0 Å². The lowest BCUT2D eigenvalue weighted by Gasteiger charge is -2.13. The van der Waals surface area contributed by atoms with Crippen molar-refractivity contribution in [2.45, 2.75) is 40.5 Å². The smallest absolute Gasteiger partial charge is 0.262 e. The largest absolute Gasteiger partial charge is 0.321 e. The topological polar surface area (TPSA) is 29.1 Å². The molecule has 1 aromatic rings. The summed E-state index contributed by atoms with van der Waals surface area (Å²) in [5.74, 6) is -0.0173. The molecule has 0 saturated carbocycles. The maximum absolute atomic E-state index is 12.6. The molecule has 0 aliphatic rings. The molecule has 0 bridgehead atoms. The summed E-state index contributed by atoms with van der Waals surface area (Å²) in [7, 11) is 0. The molecule has 2 nitrogen and oxygen atoms in total. The summed E-state index contributed by atoms with van der Waals surface area (Å²) >= 11 is 3.79. The monoisotopic (exact) mass is 415 g/mol. The molecule has 0 aliphatic heterocycles. The van der Waals surface area contributed by atoms with Gasteiger partial charge in [-0.1, -0.05) is 48.9 Å². The summed E-state index contributed by atoms with van der Waals surface area (Å²) in [6.07, 6.45) is 4.02. The van der Waals surface area contributed by atoms with Crippen molar-refractivity contribution in [1.29, 1.82) is 0 Å². The van der Waals surface area contributed by atoms with Crippen LogP contribution < -0.4 is 5.32 Å². The van der Waals surface area contributed by atoms with Crippen LogP contribution in [0.3, 0.4) is 0 Å². The third kappa shape index (κ3) is 5.87. The zero-order valence-electron chi connectivity index (χ0n) is 13.0. The number of halogens is 1. The number of rotatable bonds is 6. The molecule has 0 fully saturated rings. The van der Waals surface area contributed by atoms with Gasteiger partial charge in [0.05, 0.1) is 10.6 Å². The average Bonchev–Trinajstić information content (AvgIpc) is 2.46. The Morgan fingerprint density at radius 3 is 2.57 bits per heavy atom. The van der Waals surface area contributed by atoms with Crippen molar-refractivity contribution in [3.8, 4) is 0 Å². The Hall–Kier alpha value is -0.750. The van der Waals surface area contributed by atoms with Gasteiger partial charge in [-0.25, -0.2) is 0 Å². The molecule has 0 spiro atoms. The van der Waals surface area contributed by atoms with Gasteiger partial charge in [-0.3, -0.25) is 4.79 Å². The van der Waals surface area contributed by atoms with Gasteiger partial charge in [-0.05, 0) is 66.8 Å². The minimum absolute atomic E-state index is 0.0173. The summed E-state index contributed by atoms with van der Waals surface area (Å²) in [6, 6.07) is 7.82. The fourth-order valence-electron chi connectivity index (χ4n) is 1.78. The second-order valence-electron chi connectivity index (χ2n) is 4.79. The Bertz CT molecular complexity index is 564. The van der Waals surface area contributed by atoms with E-state index in [1.807, 2.05) is 51.1 Å². The second kappa shape index (κ2) is 9.30. The SMILES string of the molecule is CC=C(C)S/C(C(=O)Nc1ccccc1I)=C(\C)CCC. The van der Waals surface area contributed by atoms with E-state index in [1.165, 1.54) is 0 Å². The van der Waals surface area contributed by atoms with E-state index >= 15 is 0 Å². The van der Waals surface area contributed by atoms with Crippen molar-refractivity contribution < 1.29 is 4.79 Å². The van der Waals surface area contributed by atoms with Gasteiger partial charge in [0.1, 0.15) is 0 Å². The third-order valence-corrected chi connectivity index (χ3v) is 5.25. The molecule has 0 aliphatic carbocycles. The molecule has 0 atom stereocenters. The van der Waals surface area contributed by atoms with Crippen LogP contribution in [0.5, 0.6) is 0 Å². The molecule has 0 saturated heterocycles. The van der Waals surface area contributed by atoms with E-state index in [-0.39, 0.29) is 5.91 Å². The molecular weight excluding hydrogens is 393 g/mol. The third-order valence-electron chi connectivity index (χ3n) is 3.01. The fourth-order valence-corrected chi connectivity index (χ4v) is 3.16. The number of amides is 1. The van der Waals surface area contributed by atoms with Crippen LogP contribution in [0.1, 0.15) is 40.5 Å². The molecule has 1 amide bonds. The zero-order valence-corrected chi connectivity index (χ0v) is 16.0. The van der Waals surface area contributed by atoms with E-state index in [0.29, 0.717) is 0 Å². The Kier molecular flexibility index (Phi) is 8.11. The molecule has 1 N–H and O–H groups in total. The number of benzene rings is 1. The highest BCUT2D eigenvalue weighted by Gasteiger charge is 2.15. The van der Waals surface area contributed by atoms with Gasteiger partial charge in [0, 0.05) is 3.57 Å². The predicted molar refractivity (Wildman–Crippen MR) is 102 cm³/mol. The first-order chi connectivity index (χ1) is 9.99. The maximum Gasteiger partial charge on any atom is 0.262 e. The van der Waals surface area contributed by atoms with Crippen LogP contribution in [-0.2, 0) is 4.79 Å². The quantitative estimate of drug-likeness (QED) is 0.459. The van der Waals surface area contributed by atoms with E-state index in [1.54, 1.807) is 11.8 Å². The molecule has 4 heteroatoms. The minimum Gasteiger partial charge on any atom is -0.321 e. The highest BCUT2D eigenvalue weighted by Crippen LogP contribution is 2.31. The van der Waals surface area contributed by atoms with Crippen LogP contribution in [-0.4, -0.2) is 5.91 Å². The number of hydrogen-bond acceptors (Lipinski definition) is 2. The van der Waals surface area contributed by atoms with Crippen molar-refractivity contribution in [2.75, 3.05) is 5.32 Å². The van der Waals surface area contributed by atoms with E-state index < -0.39 is 0 Å². The summed E-state index contributed by atoms with van der Waals surface area (Å²) in [5.41, 5.74) is 2.01.